The highest BCUT2D eigenvalue weighted by Gasteiger charge is 2.30. The molecule has 2 aromatic heterocycles. The Balaban J connectivity index is 1.68. The molecule has 8 heteroatoms. The molecule has 1 aliphatic rings. The molecule has 1 aliphatic heterocycles. The number of nitrogens with zero attached hydrogens (tertiary/aromatic N) is 3. The topological polar surface area (TPSA) is 101 Å². The van der Waals surface area contributed by atoms with Gasteiger partial charge in [0.25, 0.3) is 5.91 Å². The van der Waals surface area contributed by atoms with E-state index in [-0.39, 0.29) is 30.0 Å². The molecule has 30 heavy (non-hydrogen) atoms. The number of aromatic nitrogens is 2. The number of rotatable bonds is 5. The van der Waals surface area contributed by atoms with Crippen LogP contribution in [0.3, 0.4) is 0 Å². The lowest BCUT2D eigenvalue weighted by Crippen LogP contribution is -2.44. The van der Waals surface area contributed by atoms with E-state index in [1.807, 2.05) is 19.1 Å². The van der Waals surface area contributed by atoms with Crippen LogP contribution in [0, 0.1) is 19.8 Å². The van der Waals surface area contributed by atoms with E-state index in [1.165, 1.54) is 6.07 Å². The Morgan fingerprint density at radius 1 is 1.23 bits per heavy atom. The summed E-state index contributed by atoms with van der Waals surface area (Å²) in [4.78, 5) is 47.7. The minimum Gasteiger partial charge on any atom is -0.462 e. The van der Waals surface area contributed by atoms with Gasteiger partial charge in [-0.2, -0.15) is 0 Å². The number of amides is 2. The highest BCUT2D eigenvalue weighted by atomic mass is 16.5. The van der Waals surface area contributed by atoms with Crippen LogP contribution in [0.1, 0.15) is 51.9 Å². The number of anilines is 1. The first-order chi connectivity index (χ1) is 14.4. The average molecular weight is 410 g/mol. The Morgan fingerprint density at radius 3 is 2.73 bits per heavy atom. The van der Waals surface area contributed by atoms with Gasteiger partial charge in [-0.1, -0.05) is 6.07 Å². The van der Waals surface area contributed by atoms with E-state index < -0.39 is 5.97 Å². The predicted octanol–water partition coefficient (Wildman–Crippen LogP) is 2.76. The molecule has 1 unspecified atom stereocenters. The van der Waals surface area contributed by atoms with Crippen LogP contribution >= 0.6 is 0 Å². The van der Waals surface area contributed by atoms with E-state index >= 15 is 0 Å². The van der Waals surface area contributed by atoms with Crippen molar-refractivity contribution in [3.63, 3.8) is 0 Å². The highest BCUT2D eigenvalue weighted by molar-refractivity contribution is 5.96. The van der Waals surface area contributed by atoms with E-state index in [2.05, 4.69) is 15.3 Å². The fourth-order valence-electron chi connectivity index (χ4n) is 3.48. The Morgan fingerprint density at radius 2 is 2.03 bits per heavy atom. The molecule has 0 aliphatic carbocycles. The van der Waals surface area contributed by atoms with Crippen molar-refractivity contribution in [2.45, 2.75) is 33.6 Å². The third kappa shape index (κ3) is 4.82. The third-order valence-corrected chi connectivity index (χ3v) is 5.13. The standard InChI is InChI=1S/C22H26N4O4/c1-4-30-22(29)17-9-10-18(24-15(17)3)21(28)26-12-6-8-16(13-26)20(27)25-19-14(2)7-5-11-23-19/h5,7,9-11,16H,4,6,8,12-13H2,1-3H3,(H,23,25,27). The number of esters is 1. The van der Waals surface area contributed by atoms with Crippen LogP contribution in [0.5, 0.6) is 0 Å². The quantitative estimate of drug-likeness (QED) is 0.761. The number of carbonyl (C=O) groups is 3. The van der Waals surface area contributed by atoms with E-state index in [4.69, 9.17) is 4.74 Å². The summed E-state index contributed by atoms with van der Waals surface area (Å²) in [7, 11) is 0. The summed E-state index contributed by atoms with van der Waals surface area (Å²) in [5.74, 6) is -0.626. The number of piperidine rings is 1. The van der Waals surface area contributed by atoms with Gasteiger partial charge in [0.05, 0.1) is 23.8 Å². The van der Waals surface area contributed by atoms with Crippen LogP contribution in [0.25, 0.3) is 0 Å². The summed E-state index contributed by atoms with van der Waals surface area (Å²) in [5.41, 5.74) is 1.92. The van der Waals surface area contributed by atoms with Crippen molar-refractivity contribution < 1.29 is 19.1 Å². The minimum atomic E-state index is -0.457. The average Bonchev–Trinajstić information content (AvgIpc) is 2.75. The zero-order valence-corrected chi connectivity index (χ0v) is 17.5. The van der Waals surface area contributed by atoms with Gasteiger partial charge in [0.15, 0.2) is 0 Å². The molecule has 0 radical (unpaired) electrons. The predicted molar refractivity (Wildman–Crippen MR) is 111 cm³/mol. The molecule has 1 atom stereocenters. The van der Waals surface area contributed by atoms with Crippen molar-refractivity contribution in [1.29, 1.82) is 0 Å². The van der Waals surface area contributed by atoms with E-state index in [0.29, 0.717) is 36.6 Å². The molecule has 0 saturated carbocycles. The summed E-state index contributed by atoms with van der Waals surface area (Å²) >= 11 is 0. The Bertz CT molecular complexity index is 960. The molecule has 1 N–H and O–H groups in total. The number of aryl methyl sites for hydroxylation is 2. The summed E-state index contributed by atoms with van der Waals surface area (Å²) < 4.78 is 5.00. The number of likely N-dealkylation sites (tertiary alicyclic amines) is 1. The van der Waals surface area contributed by atoms with Crippen LogP contribution < -0.4 is 5.32 Å². The number of hydrogen-bond acceptors (Lipinski definition) is 6. The second kappa shape index (κ2) is 9.47. The molecule has 2 aromatic rings. The number of carbonyl (C=O) groups excluding carboxylic acids is 3. The Kier molecular flexibility index (Phi) is 6.76. The van der Waals surface area contributed by atoms with Gasteiger partial charge in [0, 0.05) is 19.3 Å². The molecule has 3 heterocycles. The van der Waals surface area contributed by atoms with Gasteiger partial charge in [0.2, 0.25) is 5.91 Å². The number of hydrogen-bond donors (Lipinski definition) is 1. The fourth-order valence-corrected chi connectivity index (χ4v) is 3.48. The third-order valence-electron chi connectivity index (χ3n) is 5.13. The molecule has 3 rings (SSSR count). The first-order valence-corrected chi connectivity index (χ1v) is 10.1. The lowest BCUT2D eigenvalue weighted by atomic mass is 9.96. The van der Waals surface area contributed by atoms with Gasteiger partial charge < -0.3 is 15.0 Å². The Labute approximate surface area is 175 Å². The number of pyridine rings is 2. The molecule has 0 bridgehead atoms. The van der Waals surface area contributed by atoms with Crippen molar-refractivity contribution in [2.24, 2.45) is 5.92 Å². The maximum absolute atomic E-state index is 12.9. The van der Waals surface area contributed by atoms with Crippen LogP contribution in [-0.2, 0) is 9.53 Å². The zero-order valence-electron chi connectivity index (χ0n) is 17.5. The van der Waals surface area contributed by atoms with Gasteiger partial charge in [-0.15, -0.1) is 0 Å². The normalized spacial score (nSPS) is 16.1. The van der Waals surface area contributed by atoms with Crippen LogP contribution in [0.15, 0.2) is 30.5 Å². The summed E-state index contributed by atoms with van der Waals surface area (Å²) in [6, 6.07) is 6.79. The lowest BCUT2D eigenvalue weighted by molar-refractivity contribution is -0.121. The van der Waals surface area contributed by atoms with E-state index in [9.17, 15) is 14.4 Å². The van der Waals surface area contributed by atoms with Crippen molar-refractivity contribution in [3.05, 3.63) is 53.0 Å². The van der Waals surface area contributed by atoms with E-state index in [1.54, 1.807) is 31.0 Å². The summed E-state index contributed by atoms with van der Waals surface area (Å²) in [6.45, 7) is 6.44. The molecule has 0 aromatic carbocycles. The maximum Gasteiger partial charge on any atom is 0.339 e. The van der Waals surface area contributed by atoms with Crippen LogP contribution in [-0.4, -0.2) is 52.3 Å². The Hall–Kier alpha value is -3.29. The van der Waals surface area contributed by atoms with Crippen molar-refractivity contribution in [1.82, 2.24) is 14.9 Å². The van der Waals surface area contributed by atoms with Crippen molar-refractivity contribution >= 4 is 23.6 Å². The maximum atomic E-state index is 12.9. The summed E-state index contributed by atoms with van der Waals surface area (Å²) in [6.07, 6.45) is 3.06. The monoisotopic (exact) mass is 410 g/mol. The highest BCUT2D eigenvalue weighted by Crippen LogP contribution is 2.21. The number of nitrogens with one attached hydrogen (secondary N) is 1. The SMILES string of the molecule is CCOC(=O)c1ccc(C(=O)N2CCCC(C(=O)Nc3ncccc3C)C2)nc1C. The van der Waals surface area contributed by atoms with Crippen molar-refractivity contribution in [2.75, 3.05) is 25.0 Å². The molecule has 1 fully saturated rings. The second-order valence-corrected chi connectivity index (χ2v) is 7.30. The van der Waals surface area contributed by atoms with Gasteiger partial charge in [-0.25, -0.2) is 14.8 Å². The second-order valence-electron chi connectivity index (χ2n) is 7.30. The smallest absolute Gasteiger partial charge is 0.339 e. The molecule has 158 valence electrons. The number of ether oxygens (including phenoxy) is 1. The minimum absolute atomic E-state index is 0.143. The van der Waals surface area contributed by atoms with E-state index in [0.717, 1.165) is 12.0 Å². The fraction of sp³-hybridized carbons (Fsp3) is 0.409. The van der Waals surface area contributed by atoms with Crippen LogP contribution in [0.4, 0.5) is 5.82 Å². The molecular weight excluding hydrogens is 384 g/mol. The summed E-state index contributed by atoms with van der Waals surface area (Å²) in [5, 5.41) is 2.87. The molecule has 8 nitrogen and oxygen atoms in total. The van der Waals surface area contributed by atoms with Gasteiger partial charge in [-0.05, 0) is 57.4 Å². The van der Waals surface area contributed by atoms with Gasteiger partial charge in [0.1, 0.15) is 11.5 Å². The molecule has 0 spiro atoms. The first-order valence-electron chi connectivity index (χ1n) is 10.1. The molecule has 2 amide bonds. The van der Waals surface area contributed by atoms with Crippen LogP contribution in [0.2, 0.25) is 0 Å². The molecular formula is C22H26N4O4. The largest absolute Gasteiger partial charge is 0.462 e. The van der Waals surface area contributed by atoms with Crippen molar-refractivity contribution in [3.8, 4) is 0 Å². The zero-order chi connectivity index (χ0) is 21.7. The lowest BCUT2D eigenvalue weighted by Gasteiger charge is -2.32. The first kappa shape index (κ1) is 21.4. The van der Waals surface area contributed by atoms with Gasteiger partial charge in [-0.3, -0.25) is 9.59 Å². The van der Waals surface area contributed by atoms with Gasteiger partial charge >= 0.3 is 5.97 Å². The molecule has 1 saturated heterocycles.